The van der Waals surface area contributed by atoms with Crippen molar-refractivity contribution in [2.75, 3.05) is 0 Å². The van der Waals surface area contributed by atoms with Gasteiger partial charge in [-0.15, -0.1) is 0 Å². The van der Waals surface area contributed by atoms with Crippen molar-refractivity contribution >= 4 is 24.1 Å². The van der Waals surface area contributed by atoms with Gasteiger partial charge in [-0.25, -0.2) is 0 Å². The summed E-state index contributed by atoms with van der Waals surface area (Å²) in [5.74, 6) is 0.636. The van der Waals surface area contributed by atoms with Crippen molar-refractivity contribution in [3.05, 3.63) is 0 Å². The fourth-order valence-corrected chi connectivity index (χ4v) is 3.94. The SMILES string of the molecule is O=CC(=O)C1CCC(C2CCC(C(=O)C=O)CC2)CC1. The van der Waals surface area contributed by atoms with Gasteiger partial charge in [0.1, 0.15) is 0 Å². The number of rotatable bonds is 5. The van der Waals surface area contributed by atoms with Crippen LogP contribution in [0.15, 0.2) is 0 Å². The van der Waals surface area contributed by atoms with Gasteiger partial charge in [-0.3, -0.25) is 19.2 Å². The second-order valence-electron chi connectivity index (χ2n) is 6.26. The van der Waals surface area contributed by atoms with Crippen LogP contribution in [-0.4, -0.2) is 24.1 Å². The van der Waals surface area contributed by atoms with E-state index in [1.54, 1.807) is 0 Å². The molecule has 4 heteroatoms. The fraction of sp³-hybridized carbons (Fsp3) is 0.750. The topological polar surface area (TPSA) is 68.3 Å². The van der Waals surface area contributed by atoms with E-state index in [2.05, 4.69) is 0 Å². The van der Waals surface area contributed by atoms with Crippen LogP contribution in [0.1, 0.15) is 51.4 Å². The third-order valence-electron chi connectivity index (χ3n) is 5.25. The molecule has 0 saturated heterocycles. The molecule has 2 rings (SSSR count). The van der Waals surface area contributed by atoms with E-state index in [0.717, 1.165) is 51.4 Å². The highest BCUT2D eigenvalue weighted by Crippen LogP contribution is 2.41. The van der Waals surface area contributed by atoms with Crippen LogP contribution in [0.25, 0.3) is 0 Å². The first kappa shape index (κ1) is 15.1. The van der Waals surface area contributed by atoms with Crippen molar-refractivity contribution in [3.63, 3.8) is 0 Å². The molecule has 0 heterocycles. The molecule has 20 heavy (non-hydrogen) atoms. The lowest BCUT2D eigenvalue weighted by Crippen LogP contribution is -2.30. The first-order valence-electron chi connectivity index (χ1n) is 7.63. The maximum Gasteiger partial charge on any atom is 0.198 e. The van der Waals surface area contributed by atoms with Gasteiger partial charge in [0.2, 0.25) is 0 Å². The number of carbonyl (C=O) groups excluding carboxylic acids is 4. The van der Waals surface area contributed by atoms with Crippen LogP contribution in [0.5, 0.6) is 0 Å². The molecule has 2 fully saturated rings. The van der Waals surface area contributed by atoms with E-state index in [0.29, 0.717) is 24.4 Å². The summed E-state index contributed by atoms with van der Waals surface area (Å²) in [6.07, 6.45) is 8.29. The van der Waals surface area contributed by atoms with Crippen molar-refractivity contribution in [1.29, 1.82) is 0 Å². The number of Topliss-reactive ketones (excluding diaryl/α,β-unsaturated/α-hetero) is 2. The summed E-state index contributed by atoms with van der Waals surface area (Å²) < 4.78 is 0. The summed E-state index contributed by atoms with van der Waals surface area (Å²) in [6, 6.07) is 0. The molecule has 0 amide bonds. The lowest BCUT2D eigenvalue weighted by molar-refractivity contribution is -0.134. The van der Waals surface area contributed by atoms with E-state index in [1.165, 1.54) is 0 Å². The molecule has 0 aliphatic heterocycles. The molecule has 110 valence electrons. The minimum atomic E-state index is -0.247. The fourth-order valence-electron chi connectivity index (χ4n) is 3.94. The molecule has 2 aliphatic rings. The molecule has 0 unspecified atom stereocenters. The second-order valence-corrected chi connectivity index (χ2v) is 6.26. The zero-order valence-corrected chi connectivity index (χ0v) is 11.8. The van der Waals surface area contributed by atoms with Crippen molar-refractivity contribution < 1.29 is 19.2 Å². The van der Waals surface area contributed by atoms with Crippen molar-refractivity contribution in [2.45, 2.75) is 51.4 Å². The molecule has 0 aromatic carbocycles. The molecule has 0 aromatic heterocycles. The molecule has 0 N–H and O–H groups in total. The number of hydrogen-bond donors (Lipinski definition) is 0. The van der Waals surface area contributed by atoms with Gasteiger partial charge in [-0.2, -0.15) is 0 Å². The van der Waals surface area contributed by atoms with Gasteiger partial charge >= 0.3 is 0 Å². The monoisotopic (exact) mass is 278 g/mol. The lowest BCUT2D eigenvalue weighted by atomic mass is 9.68. The van der Waals surface area contributed by atoms with E-state index < -0.39 is 0 Å². The molecular weight excluding hydrogens is 256 g/mol. The molecule has 2 saturated carbocycles. The van der Waals surface area contributed by atoms with Crippen LogP contribution >= 0.6 is 0 Å². The van der Waals surface area contributed by atoms with Gasteiger partial charge in [0.25, 0.3) is 0 Å². The maximum absolute atomic E-state index is 11.4. The Morgan fingerprint density at radius 3 is 1.15 bits per heavy atom. The van der Waals surface area contributed by atoms with Crippen LogP contribution in [0.3, 0.4) is 0 Å². The smallest absolute Gasteiger partial charge is 0.198 e. The quantitative estimate of drug-likeness (QED) is 0.570. The van der Waals surface area contributed by atoms with Crippen molar-refractivity contribution in [2.24, 2.45) is 23.7 Å². The molecule has 0 aromatic rings. The molecule has 0 bridgehead atoms. The summed E-state index contributed by atoms with van der Waals surface area (Å²) >= 11 is 0. The number of hydrogen-bond acceptors (Lipinski definition) is 4. The normalized spacial score (nSPS) is 34.2. The highest BCUT2D eigenvalue weighted by molar-refractivity contribution is 6.26. The summed E-state index contributed by atoms with van der Waals surface area (Å²) in [5, 5.41) is 0. The lowest BCUT2D eigenvalue weighted by Gasteiger charge is -2.36. The Bertz CT molecular complexity index is 347. The minimum absolute atomic E-state index is 0.0586. The van der Waals surface area contributed by atoms with Gasteiger partial charge in [0.15, 0.2) is 24.1 Å². The van der Waals surface area contributed by atoms with E-state index >= 15 is 0 Å². The van der Waals surface area contributed by atoms with Crippen LogP contribution in [0.2, 0.25) is 0 Å². The van der Waals surface area contributed by atoms with Crippen molar-refractivity contribution in [3.8, 4) is 0 Å². The predicted molar refractivity (Wildman–Crippen MR) is 73.0 cm³/mol. The predicted octanol–water partition coefficient (Wildman–Crippen LogP) is 2.14. The van der Waals surface area contributed by atoms with E-state index in [9.17, 15) is 19.2 Å². The average molecular weight is 278 g/mol. The summed E-state index contributed by atoms with van der Waals surface area (Å²) in [6.45, 7) is 0. The molecule has 4 nitrogen and oxygen atoms in total. The highest BCUT2D eigenvalue weighted by atomic mass is 16.2. The standard InChI is InChI=1S/C16H22O4/c17-9-15(19)13-5-1-11(2-6-13)12-3-7-14(8-4-12)16(20)10-18/h9-14H,1-8H2. The Balaban J connectivity index is 1.78. The summed E-state index contributed by atoms with van der Waals surface area (Å²) in [5.41, 5.74) is 0. The van der Waals surface area contributed by atoms with Crippen LogP contribution in [-0.2, 0) is 19.2 Å². The van der Waals surface area contributed by atoms with Crippen LogP contribution in [0, 0.1) is 23.7 Å². The second kappa shape index (κ2) is 6.91. The van der Waals surface area contributed by atoms with Crippen LogP contribution < -0.4 is 0 Å². The first-order chi connectivity index (χ1) is 9.65. The average Bonchev–Trinajstić information content (AvgIpc) is 2.53. The van der Waals surface area contributed by atoms with E-state index in [-0.39, 0.29) is 23.4 Å². The highest BCUT2D eigenvalue weighted by Gasteiger charge is 2.33. The van der Waals surface area contributed by atoms with Gasteiger partial charge in [0.05, 0.1) is 0 Å². The largest absolute Gasteiger partial charge is 0.295 e. The molecule has 0 radical (unpaired) electrons. The molecule has 0 atom stereocenters. The van der Waals surface area contributed by atoms with Gasteiger partial charge in [-0.05, 0) is 63.2 Å². The zero-order chi connectivity index (χ0) is 14.5. The van der Waals surface area contributed by atoms with E-state index in [4.69, 9.17) is 0 Å². The molecular formula is C16H22O4. The Labute approximate surface area is 119 Å². The molecule has 0 spiro atoms. The van der Waals surface area contributed by atoms with Gasteiger partial charge in [-0.1, -0.05) is 0 Å². The van der Waals surface area contributed by atoms with Gasteiger partial charge in [0, 0.05) is 11.8 Å². The summed E-state index contributed by atoms with van der Waals surface area (Å²) in [7, 11) is 0. The number of ketones is 2. The maximum atomic E-state index is 11.4. The minimum Gasteiger partial charge on any atom is -0.295 e. The third kappa shape index (κ3) is 3.41. The Morgan fingerprint density at radius 2 is 0.900 bits per heavy atom. The van der Waals surface area contributed by atoms with Crippen LogP contribution in [0.4, 0.5) is 0 Å². The van der Waals surface area contributed by atoms with Crippen molar-refractivity contribution in [1.82, 2.24) is 0 Å². The Hall–Kier alpha value is -1.32. The Morgan fingerprint density at radius 1 is 0.600 bits per heavy atom. The zero-order valence-electron chi connectivity index (χ0n) is 11.8. The first-order valence-corrected chi connectivity index (χ1v) is 7.63. The summed E-state index contributed by atoms with van der Waals surface area (Å²) in [4.78, 5) is 43.7. The number of carbonyl (C=O) groups is 4. The number of aldehydes is 2. The van der Waals surface area contributed by atoms with E-state index in [1.807, 2.05) is 0 Å². The Kier molecular flexibility index (Phi) is 5.21. The van der Waals surface area contributed by atoms with Gasteiger partial charge < -0.3 is 0 Å². The molecule has 2 aliphatic carbocycles. The third-order valence-corrected chi connectivity index (χ3v) is 5.25.